The predicted octanol–water partition coefficient (Wildman–Crippen LogP) is 4.88. The van der Waals surface area contributed by atoms with E-state index in [1.807, 2.05) is 77.1 Å². The lowest BCUT2D eigenvalue weighted by Gasteiger charge is -2.42. The summed E-state index contributed by atoms with van der Waals surface area (Å²) in [6, 6.07) is 20.6. The summed E-state index contributed by atoms with van der Waals surface area (Å²) in [4.78, 5) is 48.6. The van der Waals surface area contributed by atoms with Gasteiger partial charge in [0.25, 0.3) is 5.91 Å². The van der Waals surface area contributed by atoms with Crippen LogP contribution in [-0.4, -0.2) is 94.7 Å². The zero-order valence-electron chi connectivity index (χ0n) is 26.4. The summed E-state index contributed by atoms with van der Waals surface area (Å²) in [6.07, 6.45) is 1.78. The Kier molecular flexibility index (Phi) is 9.71. The molecule has 0 saturated carbocycles. The van der Waals surface area contributed by atoms with Crippen LogP contribution in [-0.2, 0) is 16.0 Å². The molecule has 3 aromatic rings. The Hall–Kier alpha value is -3.43. The van der Waals surface area contributed by atoms with Crippen molar-refractivity contribution in [2.24, 2.45) is 5.73 Å². The number of hydrogen-bond acceptors (Lipinski definition) is 5. The number of piperazine rings is 2. The lowest BCUT2D eigenvalue weighted by Crippen LogP contribution is -2.54. The van der Waals surface area contributed by atoms with E-state index in [9.17, 15) is 14.4 Å². The molecule has 3 heterocycles. The summed E-state index contributed by atoms with van der Waals surface area (Å²) >= 11 is 12.6. The summed E-state index contributed by atoms with van der Waals surface area (Å²) in [7, 11) is 0. The standard InChI is InChI=1S/C36H41Cl2N5O3/c1-23-14-24(2)16-27(15-23)35(45)41-12-13-42(33(22-41)26-8-9-30(37)31(38)18-26)34(44)10-11-40-20-29-19-28(40)21-43(29)36(46)32(39)17-25-6-4-3-5-7-25/h3-9,14-16,18,28-29,32-33H,10-13,17,19-22,39H2,1-2H3/t28-,29+,32+,33-/m0/s1. The summed E-state index contributed by atoms with van der Waals surface area (Å²) in [6.45, 7) is 7.22. The zero-order chi connectivity index (χ0) is 32.5. The summed E-state index contributed by atoms with van der Waals surface area (Å²) < 4.78 is 0. The molecule has 3 saturated heterocycles. The lowest BCUT2D eigenvalue weighted by molar-refractivity contribution is -0.138. The summed E-state index contributed by atoms with van der Waals surface area (Å²) in [5, 5.41) is 0.861. The van der Waals surface area contributed by atoms with E-state index in [4.69, 9.17) is 28.9 Å². The van der Waals surface area contributed by atoms with Crippen molar-refractivity contribution >= 4 is 40.9 Å². The Morgan fingerprint density at radius 2 is 1.59 bits per heavy atom. The molecule has 46 heavy (non-hydrogen) atoms. The van der Waals surface area contributed by atoms with Crippen LogP contribution in [0.2, 0.25) is 10.0 Å². The third-order valence-corrected chi connectivity index (χ3v) is 10.4. The first kappa shape index (κ1) is 32.5. The Bertz CT molecular complexity index is 1600. The van der Waals surface area contributed by atoms with Crippen molar-refractivity contribution in [2.75, 3.05) is 39.3 Å². The molecule has 2 N–H and O–H groups in total. The molecule has 10 heteroatoms. The third kappa shape index (κ3) is 6.95. The molecule has 8 nitrogen and oxygen atoms in total. The number of hydrogen-bond donors (Lipinski definition) is 1. The number of nitrogens with zero attached hydrogens (tertiary/aromatic N) is 4. The van der Waals surface area contributed by atoms with Gasteiger partial charge in [-0.3, -0.25) is 19.3 Å². The van der Waals surface area contributed by atoms with Gasteiger partial charge in [-0.1, -0.05) is 76.8 Å². The van der Waals surface area contributed by atoms with Gasteiger partial charge in [0.2, 0.25) is 11.8 Å². The Morgan fingerprint density at radius 3 is 2.26 bits per heavy atom. The maximum absolute atomic E-state index is 13.8. The van der Waals surface area contributed by atoms with Crippen LogP contribution < -0.4 is 5.73 Å². The van der Waals surface area contributed by atoms with Crippen molar-refractivity contribution < 1.29 is 14.4 Å². The molecule has 3 aromatic carbocycles. The molecule has 3 aliphatic heterocycles. The second kappa shape index (κ2) is 13.7. The molecule has 2 bridgehead atoms. The van der Waals surface area contributed by atoms with Gasteiger partial charge < -0.3 is 20.4 Å². The SMILES string of the molecule is Cc1cc(C)cc(C(=O)N2CCN(C(=O)CCN3C[C@H]4C[C@H]3CN4C(=O)[C@H](N)Cc3ccccc3)[C@H](c3ccc(Cl)c(Cl)c3)C2)c1. The number of fused-ring (bicyclic) bond motifs is 2. The Balaban J connectivity index is 1.09. The number of likely N-dealkylation sites (tertiary alicyclic amines) is 2. The Morgan fingerprint density at radius 1 is 0.848 bits per heavy atom. The monoisotopic (exact) mass is 661 g/mol. The van der Waals surface area contributed by atoms with E-state index in [-0.39, 0.29) is 35.8 Å². The van der Waals surface area contributed by atoms with Gasteiger partial charge in [0.05, 0.1) is 22.1 Å². The van der Waals surface area contributed by atoms with E-state index < -0.39 is 6.04 Å². The number of aryl methyl sites for hydroxylation is 2. The Labute approximate surface area is 281 Å². The highest BCUT2D eigenvalue weighted by Gasteiger charge is 2.46. The van der Waals surface area contributed by atoms with E-state index >= 15 is 0 Å². The van der Waals surface area contributed by atoms with Crippen molar-refractivity contribution in [1.29, 1.82) is 0 Å². The van der Waals surface area contributed by atoms with Crippen LogP contribution in [0.4, 0.5) is 0 Å². The molecule has 0 radical (unpaired) electrons. The molecule has 0 aromatic heterocycles. The smallest absolute Gasteiger partial charge is 0.254 e. The summed E-state index contributed by atoms with van der Waals surface area (Å²) in [5.74, 6) is -0.000381. The fourth-order valence-corrected chi connectivity index (χ4v) is 7.70. The van der Waals surface area contributed by atoms with Crippen molar-refractivity contribution in [1.82, 2.24) is 19.6 Å². The van der Waals surface area contributed by atoms with E-state index in [0.29, 0.717) is 61.2 Å². The molecule has 0 spiro atoms. The van der Waals surface area contributed by atoms with Crippen LogP contribution in [0.1, 0.15) is 51.5 Å². The molecule has 3 aliphatic rings. The van der Waals surface area contributed by atoms with Crippen molar-refractivity contribution in [2.45, 2.75) is 57.3 Å². The fourth-order valence-electron chi connectivity index (χ4n) is 7.40. The molecule has 0 aliphatic carbocycles. The second-order valence-corrected chi connectivity index (χ2v) is 13.8. The van der Waals surface area contributed by atoms with E-state index in [1.54, 1.807) is 12.1 Å². The minimum Gasteiger partial charge on any atom is -0.335 e. The number of carbonyl (C=O) groups is 3. The van der Waals surface area contributed by atoms with E-state index in [2.05, 4.69) is 11.0 Å². The van der Waals surface area contributed by atoms with Crippen molar-refractivity contribution in [3.8, 4) is 0 Å². The number of amides is 3. The second-order valence-electron chi connectivity index (χ2n) is 13.0. The van der Waals surface area contributed by atoms with Crippen LogP contribution in [0.3, 0.4) is 0 Å². The quantitative estimate of drug-likeness (QED) is 0.372. The average Bonchev–Trinajstić information content (AvgIpc) is 3.65. The maximum Gasteiger partial charge on any atom is 0.254 e. The minimum absolute atomic E-state index is 0.00443. The number of rotatable bonds is 8. The van der Waals surface area contributed by atoms with Crippen molar-refractivity contribution in [3.05, 3.63) is 105 Å². The average molecular weight is 663 g/mol. The molecular weight excluding hydrogens is 621 g/mol. The highest BCUT2D eigenvalue weighted by molar-refractivity contribution is 6.42. The number of halogens is 2. The number of carbonyl (C=O) groups excluding carboxylic acids is 3. The molecule has 242 valence electrons. The molecule has 4 atom stereocenters. The highest BCUT2D eigenvalue weighted by atomic mass is 35.5. The molecule has 6 rings (SSSR count). The van der Waals surface area contributed by atoms with Gasteiger partial charge in [0.15, 0.2) is 0 Å². The van der Waals surface area contributed by atoms with E-state index in [0.717, 1.165) is 35.2 Å². The van der Waals surface area contributed by atoms with Gasteiger partial charge in [-0.05, 0) is 62.1 Å². The highest BCUT2D eigenvalue weighted by Crippen LogP contribution is 2.34. The normalized spacial score (nSPS) is 21.9. The van der Waals surface area contributed by atoms with Crippen LogP contribution in [0.5, 0.6) is 0 Å². The van der Waals surface area contributed by atoms with Crippen LogP contribution >= 0.6 is 23.2 Å². The summed E-state index contributed by atoms with van der Waals surface area (Å²) in [5.41, 5.74) is 11.0. The van der Waals surface area contributed by atoms with Gasteiger partial charge in [-0.15, -0.1) is 0 Å². The predicted molar refractivity (Wildman–Crippen MR) is 181 cm³/mol. The van der Waals surface area contributed by atoms with Crippen molar-refractivity contribution in [3.63, 3.8) is 0 Å². The first-order valence-corrected chi connectivity index (χ1v) is 16.8. The van der Waals surface area contributed by atoms with Gasteiger partial charge in [0, 0.05) is 63.3 Å². The largest absolute Gasteiger partial charge is 0.335 e. The maximum atomic E-state index is 13.8. The zero-order valence-corrected chi connectivity index (χ0v) is 27.9. The van der Waals surface area contributed by atoms with Gasteiger partial charge in [-0.2, -0.15) is 0 Å². The van der Waals surface area contributed by atoms with Crippen LogP contribution in [0.25, 0.3) is 0 Å². The van der Waals surface area contributed by atoms with Crippen LogP contribution in [0.15, 0.2) is 66.7 Å². The van der Waals surface area contributed by atoms with Gasteiger partial charge in [-0.25, -0.2) is 0 Å². The first-order chi connectivity index (χ1) is 22.1. The van der Waals surface area contributed by atoms with Gasteiger partial charge >= 0.3 is 0 Å². The number of benzene rings is 3. The van der Waals surface area contributed by atoms with Crippen LogP contribution in [0, 0.1) is 13.8 Å². The lowest BCUT2D eigenvalue weighted by atomic mass is 10.00. The molecule has 0 unspecified atom stereocenters. The molecule has 3 amide bonds. The minimum atomic E-state index is -0.560. The molecular formula is C36H41Cl2N5O3. The van der Waals surface area contributed by atoms with E-state index in [1.165, 1.54) is 0 Å². The first-order valence-electron chi connectivity index (χ1n) is 16.0. The third-order valence-electron chi connectivity index (χ3n) is 9.65. The fraction of sp³-hybridized carbons (Fsp3) is 0.417. The molecule has 3 fully saturated rings. The van der Waals surface area contributed by atoms with Gasteiger partial charge in [0.1, 0.15) is 0 Å². The number of nitrogens with two attached hydrogens (primary N) is 1. The topological polar surface area (TPSA) is 90.2 Å².